The number of hydrogen-bond donors (Lipinski definition) is 0. The van der Waals surface area contributed by atoms with Gasteiger partial charge in [-0.1, -0.05) is 13.8 Å². The SMILES string of the molecule is COC1CC(n2c(CCl)nc3cc(C)cnc32)C1(C)C. The molecule has 2 unspecified atom stereocenters. The van der Waals surface area contributed by atoms with Gasteiger partial charge in [0.05, 0.1) is 12.0 Å². The summed E-state index contributed by atoms with van der Waals surface area (Å²) in [6, 6.07) is 2.40. The quantitative estimate of drug-likeness (QED) is 0.814. The van der Waals surface area contributed by atoms with Crippen molar-refractivity contribution in [1.82, 2.24) is 14.5 Å². The Morgan fingerprint density at radius 2 is 2.25 bits per heavy atom. The Labute approximate surface area is 124 Å². The maximum atomic E-state index is 6.09. The monoisotopic (exact) mass is 293 g/mol. The third-order valence-electron chi connectivity index (χ3n) is 4.58. The van der Waals surface area contributed by atoms with E-state index in [0.717, 1.165) is 29.0 Å². The summed E-state index contributed by atoms with van der Waals surface area (Å²) in [6.07, 6.45) is 3.14. The van der Waals surface area contributed by atoms with Crippen molar-refractivity contribution < 1.29 is 4.74 Å². The number of halogens is 1. The lowest BCUT2D eigenvalue weighted by Crippen LogP contribution is -2.51. The number of alkyl halides is 1. The molecule has 2 atom stereocenters. The first-order valence-electron chi connectivity index (χ1n) is 6.91. The predicted octanol–water partition coefficient (Wildman–Crippen LogP) is 3.46. The number of nitrogens with zero attached hydrogens (tertiary/aromatic N) is 3. The minimum atomic E-state index is 0.0652. The van der Waals surface area contributed by atoms with Crippen LogP contribution in [0.3, 0.4) is 0 Å². The minimum Gasteiger partial charge on any atom is -0.381 e. The highest BCUT2D eigenvalue weighted by Crippen LogP contribution is 2.52. The Morgan fingerprint density at radius 3 is 2.85 bits per heavy atom. The van der Waals surface area contributed by atoms with Crippen LogP contribution in [0.25, 0.3) is 11.2 Å². The average molecular weight is 294 g/mol. The second kappa shape index (κ2) is 4.71. The molecule has 20 heavy (non-hydrogen) atoms. The fourth-order valence-corrected chi connectivity index (χ4v) is 3.44. The number of hydrogen-bond acceptors (Lipinski definition) is 3. The molecule has 0 radical (unpaired) electrons. The lowest BCUT2D eigenvalue weighted by molar-refractivity contribution is -0.112. The van der Waals surface area contributed by atoms with Crippen LogP contribution in [0.4, 0.5) is 0 Å². The van der Waals surface area contributed by atoms with Crippen molar-refractivity contribution in [3.05, 3.63) is 23.7 Å². The second-order valence-electron chi connectivity index (χ2n) is 6.18. The highest BCUT2D eigenvalue weighted by molar-refractivity contribution is 6.16. The van der Waals surface area contributed by atoms with Crippen LogP contribution >= 0.6 is 11.6 Å². The number of fused-ring (bicyclic) bond motifs is 1. The molecular weight excluding hydrogens is 274 g/mol. The number of methoxy groups -OCH3 is 1. The number of rotatable bonds is 3. The Morgan fingerprint density at radius 1 is 1.50 bits per heavy atom. The highest BCUT2D eigenvalue weighted by atomic mass is 35.5. The van der Waals surface area contributed by atoms with Gasteiger partial charge in [0.25, 0.3) is 0 Å². The molecule has 1 saturated carbocycles. The minimum absolute atomic E-state index is 0.0652. The third-order valence-corrected chi connectivity index (χ3v) is 4.82. The van der Waals surface area contributed by atoms with Crippen molar-refractivity contribution in [3.63, 3.8) is 0 Å². The maximum absolute atomic E-state index is 6.09. The van der Waals surface area contributed by atoms with E-state index in [0.29, 0.717) is 11.9 Å². The fraction of sp³-hybridized carbons (Fsp3) is 0.600. The van der Waals surface area contributed by atoms with Crippen molar-refractivity contribution >= 4 is 22.8 Å². The molecule has 0 aromatic carbocycles. The van der Waals surface area contributed by atoms with Gasteiger partial charge in [0.1, 0.15) is 11.3 Å². The Bertz CT molecular complexity index is 650. The predicted molar refractivity (Wildman–Crippen MR) is 80.1 cm³/mol. The van der Waals surface area contributed by atoms with E-state index >= 15 is 0 Å². The number of ether oxygens (including phenoxy) is 1. The molecule has 2 aromatic heterocycles. The van der Waals surface area contributed by atoms with Crippen molar-refractivity contribution in [2.45, 2.75) is 45.2 Å². The molecule has 108 valence electrons. The number of imidazole rings is 1. The van der Waals surface area contributed by atoms with Crippen molar-refractivity contribution in [2.24, 2.45) is 5.41 Å². The molecule has 0 bridgehead atoms. The van der Waals surface area contributed by atoms with Gasteiger partial charge >= 0.3 is 0 Å². The van der Waals surface area contributed by atoms with Crippen LogP contribution in [-0.2, 0) is 10.6 Å². The van der Waals surface area contributed by atoms with E-state index in [9.17, 15) is 0 Å². The zero-order chi connectivity index (χ0) is 14.5. The summed E-state index contributed by atoms with van der Waals surface area (Å²) in [6.45, 7) is 6.49. The van der Waals surface area contributed by atoms with Crippen LogP contribution in [0, 0.1) is 12.3 Å². The molecule has 4 nitrogen and oxygen atoms in total. The fourth-order valence-electron chi connectivity index (χ4n) is 3.25. The first-order valence-corrected chi connectivity index (χ1v) is 7.44. The molecule has 0 amide bonds. The van der Waals surface area contributed by atoms with Gasteiger partial charge in [-0.15, -0.1) is 11.6 Å². The summed E-state index contributed by atoms with van der Waals surface area (Å²) in [7, 11) is 1.78. The van der Waals surface area contributed by atoms with Crippen molar-refractivity contribution in [1.29, 1.82) is 0 Å². The van der Waals surface area contributed by atoms with E-state index in [1.165, 1.54) is 0 Å². The largest absolute Gasteiger partial charge is 0.381 e. The zero-order valence-electron chi connectivity index (χ0n) is 12.4. The van der Waals surface area contributed by atoms with Crippen molar-refractivity contribution in [2.75, 3.05) is 7.11 Å². The molecule has 0 N–H and O–H groups in total. The second-order valence-corrected chi connectivity index (χ2v) is 6.45. The summed E-state index contributed by atoms with van der Waals surface area (Å²) in [5, 5.41) is 0. The van der Waals surface area contributed by atoms with Gasteiger partial charge in [-0.2, -0.15) is 0 Å². The molecule has 1 aliphatic carbocycles. The van der Waals surface area contributed by atoms with Gasteiger partial charge in [-0.05, 0) is 25.0 Å². The smallest absolute Gasteiger partial charge is 0.160 e. The molecule has 0 spiro atoms. The van der Waals surface area contributed by atoms with Crippen molar-refractivity contribution in [3.8, 4) is 0 Å². The summed E-state index contributed by atoms with van der Waals surface area (Å²) < 4.78 is 7.75. The van der Waals surface area contributed by atoms with E-state index < -0.39 is 0 Å². The Hall–Kier alpha value is -1.13. The van der Waals surface area contributed by atoms with Gasteiger partial charge in [0.15, 0.2) is 5.65 Å². The highest BCUT2D eigenvalue weighted by Gasteiger charge is 2.50. The lowest BCUT2D eigenvalue weighted by Gasteiger charge is -2.51. The van der Waals surface area contributed by atoms with E-state index in [-0.39, 0.29) is 11.5 Å². The first kappa shape index (κ1) is 13.8. The van der Waals surface area contributed by atoms with E-state index in [2.05, 4.69) is 34.4 Å². The number of aryl methyl sites for hydroxylation is 1. The molecule has 1 aliphatic rings. The normalized spacial score (nSPS) is 24.9. The van der Waals surface area contributed by atoms with E-state index in [4.69, 9.17) is 16.3 Å². The van der Waals surface area contributed by atoms with Gasteiger partial charge < -0.3 is 9.30 Å². The van der Waals surface area contributed by atoms with Crippen LogP contribution in [0.2, 0.25) is 0 Å². The maximum Gasteiger partial charge on any atom is 0.160 e. The molecule has 2 heterocycles. The average Bonchev–Trinajstić information content (AvgIpc) is 2.75. The van der Waals surface area contributed by atoms with Gasteiger partial charge in [0.2, 0.25) is 0 Å². The molecule has 0 aliphatic heterocycles. The Kier molecular flexibility index (Phi) is 3.26. The topological polar surface area (TPSA) is 39.9 Å². The van der Waals surface area contributed by atoms with Gasteiger partial charge in [-0.3, -0.25) is 0 Å². The summed E-state index contributed by atoms with van der Waals surface area (Å²) >= 11 is 6.09. The van der Waals surface area contributed by atoms with Crippen LogP contribution in [0.1, 0.15) is 37.7 Å². The van der Waals surface area contributed by atoms with Gasteiger partial charge in [-0.25, -0.2) is 9.97 Å². The standard InChI is InChI=1S/C15H20ClN3O/c1-9-5-10-14(17-8-9)19(13(7-16)18-10)11-6-12(20-4)15(11,2)3/h5,8,11-12H,6-7H2,1-4H3. The molecule has 1 fully saturated rings. The van der Waals surface area contributed by atoms with E-state index in [1.54, 1.807) is 7.11 Å². The van der Waals surface area contributed by atoms with Crippen LogP contribution in [0.5, 0.6) is 0 Å². The zero-order valence-corrected chi connectivity index (χ0v) is 13.1. The van der Waals surface area contributed by atoms with E-state index in [1.807, 2.05) is 13.1 Å². The first-order chi connectivity index (χ1) is 9.48. The summed E-state index contributed by atoms with van der Waals surface area (Å²) in [4.78, 5) is 9.21. The molecule has 2 aromatic rings. The molecule has 3 rings (SSSR count). The van der Waals surface area contributed by atoms with Crippen LogP contribution in [-0.4, -0.2) is 27.7 Å². The van der Waals surface area contributed by atoms with Crippen LogP contribution in [0.15, 0.2) is 12.3 Å². The molecule has 5 heteroatoms. The molecule has 0 saturated heterocycles. The summed E-state index contributed by atoms with van der Waals surface area (Å²) in [5.41, 5.74) is 3.04. The Balaban J connectivity index is 2.12. The number of pyridine rings is 1. The lowest BCUT2D eigenvalue weighted by atomic mass is 9.64. The third kappa shape index (κ3) is 1.85. The summed E-state index contributed by atoms with van der Waals surface area (Å²) in [5.74, 6) is 1.30. The number of aromatic nitrogens is 3. The van der Waals surface area contributed by atoms with Crippen LogP contribution < -0.4 is 0 Å². The van der Waals surface area contributed by atoms with Gasteiger partial charge in [0, 0.05) is 24.8 Å². The molecular formula is C15H20ClN3O.